The third-order valence-corrected chi connectivity index (χ3v) is 3.26. The number of nitrogens with zero attached hydrogens (tertiary/aromatic N) is 2. The average molecular weight is 223 g/mol. The predicted molar refractivity (Wildman–Crippen MR) is 58.8 cm³/mol. The SMILES string of the molecule is CN(C(=O)c1ccno1)C1CCC(N)CC1. The summed E-state index contributed by atoms with van der Waals surface area (Å²) < 4.78 is 4.86. The monoisotopic (exact) mass is 223 g/mol. The molecule has 16 heavy (non-hydrogen) atoms. The third-order valence-electron chi connectivity index (χ3n) is 3.26. The Hall–Kier alpha value is -1.36. The Morgan fingerprint density at radius 2 is 2.19 bits per heavy atom. The summed E-state index contributed by atoms with van der Waals surface area (Å²) in [5, 5.41) is 3.54. The van der Waals surface area contributed by atoms with Gasteiger partial charge in [0, 0.05) is 25.2 Å². The lowest BCUT2D eigenvalue weighted by atomic mass is 9.91. The maximum atomic E-state index is 11.9. The maximum absolute atomic E-state index is 11.9. The highest BCUT2D eigenvalue weighted by atomic mass is 16.5. The largest absolute Gasteiger partial charge is 0.351 e. The van der Waals surface area contributed by atoms with Crippen molar-refractivity contribution in [2.45, 2.75) is 37.8 Å². The van der Waals surface area contributed by atoms with Gasteiger partial charge < -0.3 is 15.2 Å². The number of hydrogen-bond donors (Lipinski definition) is 1. The number of aromatic nitrogens is 1. The van der Waals surface area contributed by atoms with Gasteiger partial charge in [0.05, 0.1) is 6.20 Å². The van der Waals surface area contributed by atoms with Gasteiger partial charge in [0.2, 0.25) is 5.76 Å². The van der Waals surface area contributed by atoms with Gasteiger partial charge in [0.1, 0.15) is 0 Å². The van der Waals surface area contributed by atoms with Gasteiger partial charge in [-0.15, -0.1) is 0 Å². The molecule has 0 unspecified atom stereocenters. The van der Waals surface area contributed by atoms with Gasteiger partial charge >= 0.3 is 0 Å². The maximum Gasteiger partial charge on any atom is 0.292 e. The van der Waals surface area contributed by atoms with Crippen LogP contribution in [0.25, 0.3) is 0 Å². The molecule has 0 aliphatic heterocycles. The predicted octanol–water partition coefficient (Wildman–Crippen LogP) is 1.02. The zero-order valence-electron chi connectivity index (χ0n) is 9.43. The Bertz CT molecular complexity index is 342. The second-order valence-corrected chi connectivity index (χ2v) is 4.36. The molecule has 1 saturated carbocycles. The summed E-state index contributed by atoms with van der Waals surface area (Å²) in [6, 6.07) is 2.16. The molecule has 0 radical (unpaired) electrons. The highest BCUT2D eigenvalue weighted by Crippen LogP contribution is 2.22. The van der Waals surface area contributed by atoms with E-state index in [2.05, 4.69) is 5.16 Å². The van der Waals surface area contributed by atoms with E-state index in [1.807, 2.05) is 7.05 Å². The van der Waals surface area contributed by atoms with Crippen LogP contribution in [0.5, 0.6) is 0 Å². The number of amides is 1. The van der Waals surface area contributed by atoms with Gasteiger partial charge in [-0.05, 0) is 25.7 Å². The number of carbonyl (C=O) groups is 1. The first-order chi connectivity index (χ1) is 7.68. The molecular formula is C11H17N3O2. The Morgan fingerprint density at radius 1 is 1.50 bits per heavy atom. The molecule has 88 valence electrons. The molecule has 5 heteroatoms. The highest BCUT2D eigenvalue weighted by Gasteiger charge is 2.26. The Balaban J connectivity index is 1.97. The quantitative estimate of drug-likeness (QED) is 0.812. The summed E-state index contributed by atoms with van der Waals surface area (Å²) in [7, 11) is 1.81. The Morgan fingerprint density at radius 3 is 2.75 bits per heavy atom. The fourth-order valence-corrected chi connectivity index (χ4v) is 2.15. The summed E-state index contributed by atoms with van der Waals surface area (Å²) in [6.07, 6.45) is 5.39. The summed E-state index contributed by atoms with van der Waals surface area (Å²) in [6.45, 7) is 0. The van der Waals surface area contributed by atoms with Gasteiger partial charge in [0.25, 0.3) is 5.91 Å². The van der Waals surface area contributed by atoms with E-state index < -0.39 is 0 Å². The van der Waals surface area contributed by atoms with Gasteiger partial charge in [-0.1, -0.05) is 5.16 Å². The Kier molecular flexibility index (Phi) is 3.24. The molecule has 0 bridgehead atoms. The molecule has 1 fully saturated rings. The van der Waals surface area contributed by atoms with Crippen molar-refractivity contribution in [3.05, 3.63) is 18.0 Å². The smallest absolute Gasteiger partial charge is 0.292 e. The van der Waals surface area contributed by atoms with Crippen LogP contribution >= 0.6 is 0 Å². The molecule has 1 aliphatic carbocycles. The van der Waals surface area contributed by atoms with Gasteiger partial charge in [-0.3, -0.25) is 4.79 Å². The number of hydrogen-bond acceptors (Lipinski definition) is 4. The molecule has 1 heterocycles. The van der Waals surface area contributed by atoms with Crippen LogP contribution in [0.1, 0.15) is 36.2 Å². The number of nitrogens with two attached hydrogens (primary N) is 1. The van der Waals surface area contributed by atoms with Crippen molar-refractivity contribution in [3.8, 4) is 0 Å². The van der Waals surface area contributed by atoms with Crippen molar-refractivity contribution in [3.63, 3.8) is 0 Å². The van der Waals surface area contributed by atoms with Crippen molar-refractivity contribution in [2.75, 3.05) is 7.05 Å². The van der Waals surface area contributed by atoms with Crippen molar-refractivity contribution >= 4 is 5.91 Å². The molecule has 1 aromatic rings. The average Bonchev–Trinajstić information content (AvgIpc) is 2.81. The molecule has 1 aliphatic rings. The van der Waals surface area contributed by atoms with E-state index in [1.165, 1.54) is 6.20 Å². The van der Waals surface area contributed by atoms with Crippen LogP contribution in [0.15, 0.2) is 16.8 Å². The number of rotatable bonds is 2. The molecule has 0 saturated heterocycles. The van der Waals surface area contributed by atoms with Crippen molar-refractivity contribution in [1.82, 2.24) is 10.1 Å². The van der Waals surface area contributed by atoms with Crippen molar-refractivity contribution in [2.24, 2.45) is 5.73 Å². The highest BCUT2D eigenvalue weighted by molar-refractivity contribution is 5.91. The normalized spacial score (nSPS) is 25.4. The molecule has 1 amide bonds. The van der Waals surface area contributed by atoms with E-state index >= 15 is 0 Å². The minimum Gasteiger partial charge on any atom is -0.351 e. The summed E-state index contributed by atoms with van der Waals surface area (Å²) in [4.78, 5) is 13.7. The van der Waals surface area contributed by atoms with Crippen LogP contribution in [0.4, 0.5) is 0 Å². The van der Waals surface area contributed by atoms with Gasteiger partial charge in [-0.25, -0.2) is 0 Å². The lowest BCUT2D eigenvalue weighted by molar-refractivity contribution is 0.0648. The Labute approximate surface area is 94.6 Å². The first kappa shape index (κ1) is 11.1. The van der Waals surface area contributed by atoms with E-state index in [9.17, 15) is 4.79 Å². The van der Waals surface area contributed by atoms with Crippen LogP contribution < -0.4 is 5.73 Å². The van der Waals surface area contributed by atoms with Crippen LogP contribution in [-0.2, 0) is 0 Å². The van der Waals surface area contributed by atoms with Crippen molar-refractivity contribution < 1.29 is 9.32 Å². The lowest BCUT2D eigenvalue weighted by Gasteiger charge is -2.32. The molecular weight excluding hydrogens is 206 g/mol. The van der Waals surface area contributed by atoms with Crippen LogP contribution in [0.3, 0.4) is 0 Å². The minimum atomic E-state index is -0.0991. The second kappa shape index (κ2) is 4.65. The summed E-state index contributed by atoms with van der Waals surface area (Å²) in [5.74, 6) is 0.204. The van der Waals surface area contributed by atoms with Crippen molar-refractivity contribution in [1.29, 1.82) is 0 Å². The first-order valence-electron chi connectivity index (χ1n) is 5.62. The van der Waals surface area contributed by atoms with E-state index in [0.29, 0.717) is 11.8 Å². The van der Waals surface area contributed by atoms with Crippen LogP contribution in [0.2, 0.25) is 0 Å². The topological polar surface area (TPSA) is 72.4 Å². The van der Waals surface area contributed by atoms with E-state index in [0.717, 1.165) is 25.7 Å². The summed E-state index contributed by atoms with van der Waals surface area (Å²) in [5.41, 5.74) is 5.84. The molecule has 0 aromatic carbocycles. The molecule has 5 nitrogen and oxygen atoms in total. The van der Waals surface area contributed by atoms with Crippen LogP contribution in [0, 0.1) is 0 Å². The molecule has 0 spiro atoms. The van der Waals surface area contributed by atoms with E-state index in [4.69, 9.17) is 10.3 Å². The second-order valence-electron chi connectivity index (χ2n) is 4.36. The van der Waals surface area contributed by atoms with Crippen LogP contribution in [-0.4, -0.2) is 35.1 Å². The molecule has 1 aromatic heterocycles. The molecule has 0 atom stereocenters. The van der Waals surface area contributed by atoms with Gasteiger partial charge in [-0.2, -0.15) is 0 Å². The fourth-order valence-electron chi connectivity index (χ4n) is 2.15. The van der Waals surface area contributed by atoms with Gasteiger partial charge in [0.15, 0.2) is 0 Å². The van der Waals surface area contributed by atoms with E-state index in [1.54, 1.807) is 11.0 Å². The fraction of sp³-hybridized carbons (Fsp3) is 0.636. The standard InChI is InChI=1S/C11H17N3O2/c1-14(9-4-2-8(12)3-5-9)11(15)10-6-7-13-16-10/h6-9H,2-5,12H2,1H3. The van der Waals surface area contributed by atoms with E-state index in [-0.39, 0.29) is 11.9 Å². The minimum absolute atomic E-state index is 0.0991. The third kappa shape index (κ3) is 2.24. The molecule has 2 rings (SSSR count). The lowest BCUT2D eigenvalue weighted by Crippen LogP contribution is -2.41. The zero-order chi connectivity index (χ0) is 11.5. The molecule has 2 N–H and O–H groups in total. The summed E-state index contributed by atoms with van der Waals surface area (Å²) >= 11 is 0. The zero-order valence-corrected chi connectivity index (χ0v) is 9.43. The first-order valence-corrected chi connectivity index (χ1v) is 5.62. The number of carbonyl (C=O) groups excluding carboxylic acids is 1.